The molecular formula is C18H20Cl2N4O. The molecule has 0 aliphatic carbocycles. The van der Waals surface area contributed by atoms with E-state index in [4.69, 9.17) is 23.2 Å². The van der Waals surface area contributed by atoms with Gasteiger partial charge in [-0.2, -0.15) is 0 Å². The molecule has 1 aliphatic heterocycles. The molecule has 0 unspecified atom stereocenters. The number of benzene rings is 1. The molecule has 3 rings (SSSR count). The fourth-order valence-corrected chi connectivity index (χ4v) is 3.27. The zero-order valence-electron chi connectivity index (χ0n) is 14.0. The maximum atomic E-state index is 12.7. The molecule has 1 fully saturated rings. The number of rotatable bonds is 4. The molecular weight excluding hydrogens is 359 g/mol. The summed E-state index contributed by atoms with van der Waals surface area (Å²) in [5.41, 5.74) is 1.04. The van der Waals surface area contributed by atoms with Gasteiger partial charge in [-0.1, -0.05) is 35.3 Å². The summed E-state index contributed by atoms with van der Waals surface area (Å²) in [6.07, 6.45) is 1.81. The van der Waals surface area contributed by atoms with E-state index in [0.29, 0.717) is 16.7 Å². The van der Waals surface area contributed by atoms with Crippen LogP contribution in [-0.4, -0.2) is 29.2 Å². The van der Waals surface area contributed by atoms with Crippen molar-refractivity contribution in [1.82, 2.24) is 15.5 Å². The van der Waals surface area contributed by atoms with Crippen molar-refractivity contribution < 1.29 is 4.79 Å². The lowest BCUT2D eigenvalue weighted by Gasteiger charge is -2.33. The molecule has 1 aliphatic rings. The summed E-state index contributed by atoms with van der Waals surface area (Å²) in [6, 6.07) is 11.0. The van der Waals surface area contributed by atoms with Gasteiger partial charge in [0.1, 0.15) is 0 Å². The molecule has 0 saturated carbocycles. The van der Waals surface area contributed by atoms with Crippen LogP contribution in [-0.2, 0) is 4.79 Å². The van der Waals surface area contributed by atoms with Crippen LogP contribution in [0.4, 0.5) is 5.82 Å². The number of nitrogens with one attached hydrogen (secondary N) is 1. The fraction of sp³-hybridized carbons (Fsp3) is 0.389. The Hall–Kier alpha value is -1.85. The Morgan fingerprint density at radius 1 is 1.20 bits per heavy atom. The number of anilines is 1. The van der Waals surface area contributed by atoms with Crippen LogP contribution in [0.15, 0.2) is 36.4 Å². The number of nitrogens with zero attached hydrogens (tertiary/aromatic N) is 3. The maximum absolute atomic E-state index is 12.7. The highest BCUT2D eigenvalue weighted by Gasteiger charge is 2.27. The van der Waals surface area contributed by atoms with Gasteiger partial charge < -0.3 is 10.2 Å². The first kappa shape index (κ1) is 18.0. The second-order valence-corrected chi connectivity index (χ2v) is 7.10. The number of amides is 1. The molecule has 1 N–H and O–H groups in total. The number of carbonyl (C=O) groups is 1. The smallest absolute Gasteiger partial charge is 0.225 e. The van der Waals surface area contributed by atoms with Crippen LogP contribution in [0.3, 0.4) is 0 Å². The summed E-state index contributed by atoms with van der Waals surface area (Å²) < 4.78 is 0. The van der Waals surface area contributed by atoms with Crippen LogP contribution >= 0.6 is 23.2 Å². The Balaban J connectivity index is 1.61. The van der Waals surface area contributed by atoms with Crippen molar-refractivity contribution in [2.75, 3.05) is 18.0 Å². The molecule has 1 saturated heterocycles. The molecule has 0 spiro atoms. The van der Waals surface area contributed by atoms with E-state index in [2.05, 4.69) is 20.4 Å². The molecule has 2 heterocycles. The molecule has 0 bridgehead atoms. The molecule has 1 amide bonds. The van der Waals surface area contributed by atoms with E-state index in [-0.39, 0.29) is 17.9 Å². The highest BCUT2D eigenvalue weighted by Crippen LogP contribution is 2.23. The van der Waals surface area contributed by atoms with E-state index in [1.807, 2.05) is 37.3 Å². The Morgan fingerprint density at radius 3 is 2.64 bits per heavy atom. The van der Waals surface area contributed by atoms with E-state index in [9.17, 15) is 4.79 Å². The lowest BCUT2D eigenvalue weighted by molar-refractivity contribution is -0.125. The van der Waals surface area contributed by atoms with Gasteiger partial charge in [-0.15, -0.1) is 10.2 Å². The average Bonchev–Trinajstić information content (AvgIpc) is 2.63. The van der Waals surface area contributed by atoms with Crippen LogP contribution in [0.1, 0.15) is 31.4 Å². The standard InChI is InChI=1S/C18H20Cl2N4O/c1-12(13-4-6-15(19)7-5-13)21-18(25)14-3-2-10-24(11-14)17-9-8-16(20)22-23-17/h4-9,12,14H,2-3,10-11H2,1H3,(H,21,25)/t12-,14-/m0/s1. The van der Waals surface area contributed by atoms with E-state index in [1.54, 1.807) is 6.07 Å². The van der Waals surface area contributed by atoms with Crippen molar-refractivity contribution in [3.63, 3.8) is 0 Å². The van der Waals surface area contributed by atoms with Gasteiger partial charge in [0.25, 0.3) is 0 Å². The molecule has 2 aromatic rings. The first-order chi connectivity index (χ1) is 12.0. The van der Waals surface area contributed by atoms with Crippen LogP contribution in [0.25, 0.3) is 0 Å². The van der Waals surface area contributed by atoms with Gasteiger partial charge in [-0.25, -0.2) is 0 Å². The first-order valence-corrected chi connectivity index (χ1v) is 9.08. The summed E-state index contributed by atoms with van der Waals surface area (Å²) in [7, 11) is 0. The number of piperidine rings is 1. The van der Waals surface area contributed by atoms with Crippen molar-refractivity contribution in [2.24, 2.45) is 5.92 Å². The number of hydrogen-bond donors (Lipinski definition) is 1. The predicted molar refractivity (Wildman–Crippen MR) is 100.0 cm³/mol. The van der Waals surface area contributed by atoms with E-state index in [1.165, 1.54) is 0 Å². The lowest BCUT2D eigenvalue weighted by atomic mass is 9.96. The van der Waals surface area contributed by atoms with Crippen molar-refractivity contribution in [3.05, 3.63) is 52.1 Å². The lowest BCUT2D eigenvalue weighted by Crippen LogP contribution is -2.44. The third-order valence-corrected chi connectivity index (χ3v) is 4.92. The molecule has 1 aromatic heterocycles. The van der Waals surface area contributed by atoms with Crippen LogP contribution in [0, 0.1) is 5.92 Å². The van der Waals surface area contributed by atoms with Gasteiger partial charge in [0.05, 0.1) is 12.0 Å². The van der Waals surface area contributed by atoms with Gasteiger partial charge in [0.2, 0.25) is 5.91 Å². The Morgan fingerprint density at radius 2 is 1.96 bits per heavy atom. The quantitative estimate of drug-likeness (QED) is 0.876. The number of hydrogen-bond acceptors (Lipinski definition) is 4. The summed E-state index contributed by atoms with van der Waals surface area (Å²) in [4.78, 5) is 14.7. The minimum absolute atomic E-state index is 0.0598. The van der Waals surface area contributed by atoms with Crippen LogP contribution < -0.4 is 10.2 Å². The third-order valence-electron chi connectivity index (χ3n) is 4.46. The summed E-state index contributed by atoms with van der Waals surface area (Å²) in [6.45, 7) is 3.48. The second-order valence-electron chi connectivity index (χ2n) is 6.28. The van der Waals surface area contributed by atoms with Crippen molar-refractivity contribution in [2.45, 2.75) is 25.8 Å². The number of halogens is 2. The second kappa shape index (κ2) is 8.02. The molecule has 7 heteroatoms. The van der Waals surface area contributed by atoms with Crippen molar-refractivity contribution >= 4 is 34.9 Å². The minimum atomic E-state index is -0.0685. The average molecular weight is 379 g/mol. The SMILES string of the molecule is C[C@H](NC(=O)[C@H]1CCCN(c2ccc(Cl)nn2)C1)c1ccc(Cl)cc1. The summed E-state index contributed by atoms with van der Waals surface area (Å²) >= 11 is 11.7. The van der Waals surface area contributed by atoms with Crippen LogP contribution in [0.2, 0.25) is 10.2 Å². The maximum Gasteiger partial charge on any atom is 0.225 e. The zero-order chi connectivity index (χ0) is 17.8. The summed E-state index contributed by atoms with van der Waals surface area (Å²) in [5, 5.41) is 12.2. The third kappa shape index (κ3) is 4.61. The summed E-state index contributed by atoms with van der Waals surface area (Å²) in [5.74, 6) is 0.753. The Labute approximate surface area is 157 Å². The van der Waals surface area contributed by atoms with Gasteiger partial charge in [-0.05, 0) is 49.6 Å². The molecule has 25 heavy (non-hydrogen) atoms. The Kier molecular flexibility index (Phi) is 5.76. The molecule has 2 atom stereocenters. The van der Waals surface area contributed by atoms with Gasteiger partial charge in [-0.3, -0.25) is 4.79 Å². The van der Waals surface area contributed by atoms with E-state index >= 15 is 0 Å². The normalized spacial score (nSPS) is 18.7. The van der Waals surface area contributed by atoms with Gasteiger partial charge in [0, 0.05) is 18.1 Å². The molecule has 132 valence electrons. The van der Waals surface area contributed by atoms with Gasteiger partial charge >= 0.3 is 0 Å². The monoisotopic (exact) mass is 378 g/mol. The van der Waals surface area contributed by atoms with Crippen molar-refractivity contribution in [3.8, 4) is 0 Å². The van der Waals surface area contributed by atoms with E-state index in [0.717, 1.165) is 30.8 Å². The number of aromatic nitrogens is 2. The minimum Gasteiger partial charge on any atom is -0.354 e. The molecule has 0 radical (unpaired) electrons. The molecule has 5 nitrogen and oxygen atoms in total. The zero-order valence-corrected chi connectivity index (χ0v) is 15.5. The van der Waals surface area contributed by atoms with Crippen molar-refractivity contribution in [1.29, 1.82) is 0 Å². The van der Waals surface area contributed by atoms with E-state index < -0.39 is 0 Å². The largest absolute Gasteiger partial charge is 0.354 e. The number of carbonyl (C=O) groups excluding carboxylic acids is 1. The Bertz CT molecular complexity index is 721. The predicted octanol–water partition coefficient (Wildman–Crippen LogP) is 3.88. The van der Waals surface area contributed by atoms with Crippen LogP contribution in [0.5, 0.6) is 0 Å². The highest BCUT2D eigenvalue weighted by atomic mass is 35.5. The highest BCUT2D eigenvalue weighted by molar-refractivity contribution is 6.30. The fourth-order valence-electron chi connectivity index (χ4n) is 3.04. The first-order valence-electron chi connectivity index (χ1n) is 8.33. The molecule has 1 aromatic carbocycles. The van der Waals surface area contributed by atoms with Gasteiger partial charge in [0.15, 0.2) is 11.0 Å². The topological polar surface area (TPSA) is 58.1 Å².